The summed E-state index contributed by atoms with van der Waals surface area (Å²) < 4.78 is 5.10. The van der Waals surface area contributed by atoms with Crippen molar-refractivity contribution < 1.29 is 4.52 Å². The van der Waals surface area contributed by atoms with Crippen molar-refractivity contribution in [1.82, 2.24) is 5.16 Å². The Kier molecular flexibility index (Phi) is 7.78. The van der Waals surface area contributed by atoms with Gasteiger partial charge in [-0.25, -0.2) is 0 Å². The second kappa shape index (κ2) is 9.26. The average Bonchev–Trinajstić information content (AvgIpc) is 2.78. The molecule has 0 fully saturated rings. The van der Waals surface area contributed by atoms with Crippen LogP contribution in [0.15, 0.2) is 10.8 Å². The molecule has 2 nitrogen and oxygen atoms in total. The summed E-state index contributed by atoms with van der Waals surface area (Å²) in [7, 11) is 0. The van der Waals surface area contributed by atoms with Gasteiger partial charge in [0.2, 0.25) is 0 Å². The molecule has 1 aromatic heterocycles. The first-order valence-corrected chi connectivity index (χ1v) is 7.09. The zero-order chi connectivity index (χ0) is 12.3. The normalized spacial score (nSPS) is 10.9. The van der Waals surface area contributed by atoms with Gasteiger partial charge in [-0.2, -0.15) is 0 Å². The molecule has 0 aliphatic carbocycles. The minimum Gasteiger partial charge on any atom is -0.364 e. The van der Waals surface area contributed by atoms with Crippen molar-refractivity contribution in [3.05, 3.63) is 24.4 Å². The van der Waals surface area contributed by atoms with E-state index in [-0.39, 0.29) is 0 Å². The van der Waals surface area contributed by atoms with Gasteiger partial charge in [0.25, 0.3) is 0 Å². The number of rotatable bonds is 10. The largest absolute Gasteiger partial charge is 0.364 e. The van der Waals surface area contributed by atoms with Gasteiger partial charge < -0.3 is 4.52 Å². The number of aryl methyl sites for hydroxylation is 2. The Morgan fingerprint density at radius 2 is 1.82 bits per heavy atom. The van der Waals surface area contributed by atoms with E-state index in [0.717, 1.165) is 19.3 Å². The average molecular weight is 236 g/mol. The molecule has 1 aromatic rings. The lowest BCUT2D eigenvalue weighted by Gasteiger charge is -2.01. The van der Waals surface area contributed by atoms with Gasteiger partial charge in [-0.3, -0.25) is 0 Å². The van der Waals surface area contributed by atoms with Crippen molar-refractivity contribution in [2.45, 2.75) is 71.1 Å². The molecule has 0 saturated carbocycles. The molecular formula is C15H26NO. The minimum atomic E-state index is 1.05. The molecule has 17 heavy (non-hydrogen) atoms. The molecule has 0 spiro atoms. The van der Waals surface area contributed by atoms with E-state index < -0.39 is 0 Å². The minimum absolute atomic E-state index is 1.05. The number of hydrogen-bond acceptors (Lipinski definition) is 2. The van der Waals surface area contributed by atoms with Gasteiger partial charge in [0.05, 0.1) is 5.69 Å². The molecular weight excluding hydrogens is 210 g/mol. The standard InChI is InChI=1S/C15H26NO/c1-3-5-7-9-11-14-13-17-16-15(14)12-10-8-6-4-2/h13H,1,3-12H2,2H3. The van der Waals surface area contributed by atoms with Crippen LogP contribution in [0, 0.1) is 6.92 Å². The highest BCUT2D eigenvalue weighted by molar-refractivity contribution is 5.14. The molecule has 0 aliphatic heterocycles. The van der Waals surface area contributed by atoms with Crippen molar-refractivity contribution in [1.29, 1.82) is 0 Å². The van der Waals surface area contributed by atoms with Crippen LogP contribution in [0.3, 0.4) is 0 Å². The maximum absolute atomic E-state index is 5.10. The lowest BCUT2D eigenvalue weighted by atomic mass is 10.0. The van der Waals surface area contributed by atoms with E-state index >= 15 is 0 Å². The Bertz CT molecular complexity index is 254. The fourth-order valence-electron chi connectivity index (χ4n) is 2.08. The van der Waals surface area contributed by atoms with E-state index in [1.807, 2.05) is 6.26 Å². The van der Waals surface area contributed by atoms with Crippen LogP contribution in [0.1, 0.15) is 69.5 Å². The third kappa shape index (κ3) is 5.90. The predicted octanol–water partition coefficient (Wildman–Crippen LogP) is 4.73. The van der Waals surface area contributed by atoms with Crippen molar-refractivity contribution in [2.24, 2.45) is 0 Å². The molecule has 0 bridgehead atoms. The molecule has 97 valence electrons. The molecule has 0 aliphatic rings. The van der Waals surface area contributed by atoms with Crippen LogP contribution in [0.5, 0.6) is 0 Å². The smallest absolute Gasteiger partial charge is 0.127 e. The summed E-state index contributed by atoms with van der Waals surface area (Å²) in [6.07, 6.45) is 14.0. The van der Waals surface area contributed by atoms with E-state index in [4.69, 9.17) is 4.52 Å². The highest BCUT2D eigenvalue weighted by atomic mass is 16.5. The summed E-state index contributed by atoms with van der Waals surface area (Å²) in [4.78, 5) is 0. The van der Waals surface area contributed by atoms with Crippen LogP contribution in [0.4, 0.5) is 0 Å². The first-order valence-electron chi connectivity index (χ1n) is 7.09. The molecule has 1 rings (SSSR count). The third-order valence-electron chi connectivity index (χ3n) is 3.19. The summed E-state index contributed by atoms with van der Waals surface area (Å²) in [6.45, 7) is 6.11. The van der Waals surface area contributed by atoms with Crippen LogP contribution < -0.4 is 0 Å². The summed E-state index contributed by atoms with van der Waals surface area (Å²) in [5, 5.41) is 4.13. The second-order valence-corrected chi connectivity index (χ2v) is 4.76. The molecule has 1 heterocycles. The monoisotopic (exact) mass is 236 g/mol. The lowest BCUT2D eigenvalue weighted by molar-refractivity contribution is 0.409. The molecule has 0 atom stereocenters. The fraction of sp³-hybridized carbons (Fsp3) is 0.733. The first kappa shape index (κ1) is 14.3. The summed E-state index contributed by atoms with van der Waals surface area (Å²) in [5.41, 5.74) is 2.52. The van der Waals surface area contributed by atoms with E-state index in [1.165, 1.54) is 56.2 Å². The number of aromatic nitrogens is 1. The number of nitrogens with zero attached hydrogens (tertiary/aromatic N) is 1. The Balaban J connectivity index is 2.22. The zero-order valence-corrected chi connectivity index (χ0v) is 11.2. The SMILES string of the molecule is [CH2]CCCCCc1conc1CCCCCC. The van der Waals surface area contributed by atoms with Gasteiger partial charge >= 0.3 is 0 Å². The Hall–Kier alpha value is -0.790. The molecule has 0 aromatic carbocycles. The van der Waals surface area contributed by atoms with E-state index in [9.17, 15) is 0 Å². The van der Waals surface area contributed by atoms with Gasteiger partial charge in [-0.1, -0.05) is 57.5 Å². The number of unbranched alkanes of at least 4 members (excludes halogenated alkanes) is 6. The lowest BCUT2D eigenvalue weighted by Crippen LogP contribution is -1.93. The fourth-order valence-corrected chi connectivity index (χ4v) is 2.08. The Labute approximate surface area is 106 Å². The van der Waals surface area contributed by atoms with E-state index in [0.29, 0.717) is 0 Å². The highest BCUT2D eigenvalue weighted by Crippen LogP contribution is 2.15. The first-order chi connectivity index (χ1) is 8.38. The molecule has 2 heteroatoms. The second-order valence-electron chi connectivity index (χ2n) is 4.76. The number of hydrogen-bond donors (Lipinski definition) is 0. The predicted molar refractivity (Wildman–Crippen MR) is 71.9 cm³/mol. The van der Waals surface area contributed by atoms with Crippen LogP contribution in [-0.2, 0) is 12.8 Å². The van der Waals surface area contributed by atoms with Gasteiger partial charge in [0, 0.05) is 5.56 Å². The molecule has 0 amide bonds. The van der Waals surface area contributed by atoms with Crippen LogP contribution >= 0.6 is 0 Å². The van der Waals surface area contributed by atoms with Gasteiger partial charge in [-0.15, -0.1) is 0 Å². The molecule has 0 unspecified atom stereocenters. The van der Waals surface area contributed by atoms with Crippen LogP contribution in [0.2, 0.25) is 0 Å². The Morgan fingerprint density at radius 3 is 2.59 bits per heavy atom. The van der Waals surface area contributed by atoms with Crippen LogP contribution in [-0.4, -0.2) is 5.16 Å². The summed E-state index contributed by atoms with van der Waals surface area (Å²) in [6, 6.07) is 0. The molecule has 0 saturated heterocycles. The Morgan fingerprint density at radius 1 is 1.06 bits per heavy atom. The van der Waals surface area contributed by atoms with Crippen molar-refractivity contribution >= 4 is 0 Å². The van der Waals surface area contributed by atoms with Crippen LogP contribution in [0.25, 0.3) is 0 Å². The quantitative estimate of drug-likeness (QED) is 0.549. The van der Waals surface area contributed by atoms with Crippen molar-refractivity contribution in [3.8, 4) is 0 Å². The van der Waals surface area contributed by atoms with Crippen molar-refractivity contribution in [3.63, 3.8) is 0 Å². The molecule has 0 N–H and O–H groups in total. The third-order valence-corrected chi connectivity index (χ3v) is 3.19. The van der Waals surface area contributed by atoms with Gasteiger partial charge in [-0.05, 0) is 25.7 Å². The summed E-state index contributed by atoms with van der Waals surface area (Å²) >= 11 is 0. The maximum Gasteiger partial charge on any atom is 0.127 e. The highest BCUT2D eigenvalue weighted by Gasteiger charge is 2.06. The summed E-state index contributed by atoms with van der Waals surface area (Å²) in [5.74, 6) is 0. The maximum atomic E-state index is 5.10. The van der Waals surface area contributed by atoms with Gasteiger partial charge in [0.1, 0.15) is 6.26 Å². The van der Waals surface area contributed by atoms with Crippen molar-refractivity contribution in [2.75, 3.05) is 0 Å². The van der Waals surface area contributed by atoms with E-state index in [1.54, 1.807) is 0 Å². The topological polar surface area (TPSA) is 26.0 Å². The van der Waals surface area contributed by atoms with E-state index in [2.05, 4.69) is 19.0 Å². The van der Waals surface area contributed by atoms with Gasteiger partial charge in [0.15, 0.2) is 0 Å². The molecule has 1 radical (unpaired) electrons. The zero-order valence-electron chi connectivity index (χ0n) is 11.2.